The molecule has 23 heavy (non-hydrogen) atoms. The smallest absolute Gasteiger partial charge is 0.271 e. The van der Waals surface area contributed by atoms with E-state index in [1.165, 1.54) is 12.1 Å². The van der Waals surface area contributed by atoms with Gasteiger partial charge in [0.15, 0.2) is 17.2 Å². The lowest BCUT2D eigenvalue weighted by molar-refractivity contribution is 0.0954. The third kappa shape index (κ3) is 3.70. The van der Waals surface area contributed by atoms with Crippen molar-refractivity contribution in [3.8, 4) is 23.0 Å². The van der Waals surface area contributed by atoms with Gasteiger partial charge in [-0.1, -0.05) is 6.92 Å². The number of hydrazone groups is 1. The van der Waals surface area contributed by atoms with Crippen LogP contribution < -0.4 is 5.43 Å². The van der Waals surface area contributed by atoms with Crippen LogP contribution in [0.1, 0.15) is 29.3 Å². The van der Waals surface area contributed by atoms with Crippen molar-refractivity contribution in [2.45, 2.75) is 13.3 Å². The number of hydrogen-bond acceptors (Lipinski definition) is 6. The van der Waals surface area contributed by atoms with E-state index in [9.17, 15) is 25.2 Å². The number of benzene rings is 2. The number of rotatable bonds is 4. The molecule has 0 heterocycles. The Labute approximate surface area is 132 Å². The Morgan fingerprint density at radius 2 is 1.57 bits per heavy atom. The number of phenolic OH excluding ortho intramolecular Hbond substituents is 4. The molecule has 0 saturated heterocycles. The number of amides is 1. The maximum Gasteiger partial charge on any atom is 0.271 e. The summed E-state index contributed by atoms with van der Waals surface area (Å²) in [6.07, 6.45) is 0.539. The molecule has 0 aliphatic carbocycles. The van der Waals surface area contributed by atoms with Crippen LogP contribution in [0.25, 0.3) is 0 Å². The zero-order valence-corrected chi connectivity index (χ0v) is 12.3. The molecule has 0 unspecified atom stereocenters. The summed E-state index contributed by atoms with van der Waals surface area (Å²) >= 11 is 0. The minimum absolute atomic E-state index is 0.0530. The molecule has 0 aromatic heterocycles. The molecule has 0 radical (unpaired) electrons. The molecule has 0 atom stereocenters. The molecule has 0 fully saturated rings. The third-order valence-corrected chi connectivity index (χ3v) is 3.16. The fraction of sp³-hybridized carbons (Fsp3) is 0.125. The van der Waals surface area contributed by atoms with E-state index < -0.39 is 23.2 Å². The second-order valence-electron chi connectivity index (χ2n) is 4.76. The van der Waals surface area contributed by atoms with Gasteiger partial charge in [-0.25, -0.2) is 5.43 Å². The first kappa shape index (κ1) is 16.2. The number of hydrogen-bond donors (Lipinski definition) is 5. The van der Waals surface area contributed by atoms with Gasteiger partial charge in [-0.15, -0.1) is 0 Å². The molecule has 7 heteroatoms. The van der Waals surface area contributed by atoms with Crippen LogP contribution in [0.3, 0.4) is 0 Å². The standard InChI is InChI=1S/C16H16N2O5/c1-2-12(9-3-5-11(19)6-4-9)17-18-16(23)10-7-13(20)15(22)14(21)8-10/h3-8,19-22H,2H2,1H3,(H,18,23)/b17-12+. The van der Waals surface area contributed by atoms with Gasteiger partial charge in [0.1, 0.15) is 5.75 Å². The Morgan fingerprint density at radius 1 is 1.00 bits per heavy atom. The average Bonchev–Trinajstić information content (AvgIpc) is 2.54. The molecule has 0 aliphatic rings. The van der Waals surface area contributed by atoms with Crippen LogP contribution in [0.5, 0.6) is 23.0 Å². The van der Waals surface area contributed by atoms with E-state index in [0.717, 1.165) is 17.7 Å². The van der Waals surface area contributed by atoms with Crippen LogP contribution in [0.4, 0.5) is 0 Å². The fourth-order valence-corrected chi connectivity index (χ4v) is 1.92. The van der Waals surface area contributed by atoms with Gasteiger partial charge in [0.25, 0.3) is 5.91 Å². The third-order valence-electron chi connectivity index (χ3n) is 3.16. The normalized spacial score (nSPS) is 11.3. The molecule has 0 bridgehead atoms. The number of nitrogens with one attached hydrogen (secondary N) is 1. The highest BCUT2D eigenvalue weighted by Crippen LogP contribution is 2.35. The molecule has 1 amide bonds. The van der Waals surface area contributed by atoms with Gasteiger partial charge in [-0.05, 0) is 48.4 Å². The van der Waals surface area contributed by atoms with E-state index in [4.69, 9.17) is 0 Å². The second-order valence-corrected chi connectivity index (χ2v) is 4.76. The van der Waals surface area contributed by atoms with Crippen LogP contribution >= 0.6 is 0 Å². The van der Waals surface area contributed by atoms with Crippen molar-refractivity contribution in [1.82, 2.24) is 5.43 Å². The van der Waals surface area contributed by atoms with Crippen molar-refractivity contribution in [2.24, 2.45) is 5.10 Å². The average molecular weight is 316 g/mol. The highest BCUT2D eigenvalue weighted by atomic mass is 16.3. The van der Waals surface area contributed by atoms with Gasteiger partial charge in [0.2, 0.25) is 0 Å². The SMILES string of the molecule is CC/C(=N\NC(=O)c1cc(O)c(O)c(O)c1)c1ccc(O)cc1. The summed E-state index contributed by atoms with van der Waals surface area (Å²) in [6.45, 7) is 1.86. The lowest BCUT2D eigenvalue weighted by Crippen LogP contribution is -2.20. The van der Waals surface area contributed by atoms with Crippen LogP contribution in [-0.2, 0) is 0 Å². The molecule has 0 aliphatic heterocycles. The van der Waals surface area contributed by atoms with Gasteiger partial charge in [-0.2, -0.15) is 5.10 Å². The largest absolute Gasteiger partial charge is 0.508 e. The molecule has 2 rings (SSSR count). The van der Waals surface area contributed by atoms with Gasteiger partial charge in [0.05, 0.1) is 5.71 Å². The lowest BCUT2D eigenvalue weighted by Gasteiger charge is -2.07. The maximum absolute atomic E-state index is 12.0. The first-order valence-electron chi connectivity index (χ1n) is 6.83. The molecule has 2 aromatic rings. The monoisotopic (exact) mass is 316 g/mol. The first-order chi connectivity index (χ1) is 10.9. The number of nitrogens with zero attached hydrogens (tertiary/aromatic N) is 1. The highest BCUT2D eigenvalue weighted by Gasteiger charge is 2.13. The number of phenols is 4. The molecular formula is C16H16N2O5. The van der Waals surface area contributed by atoms with E-state index >= 15 is 0 Å². The van der Waals surface area contributed by atoms with E-state index in [0.29, 0.717) is 12.1 Å². The second kappa shape index (κ2) is 6.69. The van der Waals surface area contributed by atoms with Crippen LogP contribution in [0, 0.1) is 0 Å². The van der Waals surface area contributed by atoms with Crippen molar-refractivity contribution in [2.75, 3.05) is 0 Å². The Hall–Kier alpha value is -3.22. The maximum atomic E-state index is 12.0. The Bertz CT molecular complexity index is 731. The molecular weight excluding hydrogens is 300 g/mol. The first-order valence-corrected chi connectivity index (χ1v) is 6.83. The lowest BCUT2D eigenvalue weighted by atomic mass is 10.1. The molecule has 0 spiro atoms. The Kier molecular flexibility index (Phi) is 4.70. The summed E-state index contributed by atoms with van der Waals surface area (Å²) in [5.74, 6) is -2.42. The predicted octanol–water partition coefficient (Wildman–Crippen LogP) is 2.05. The molecule has 120 valence electrons. The van der Waals surface area contributed by atoms with Crippen molar-refractivity contribution < 1.29 is 25.2 Å². The number of carbonyl (C=O) groups excluding carboxylic acids is 1. The number of aromatic hydroxyl groups is 4. The molecule has 2 aromatic carbocycles. The van der Waals surface area contributed by atoms with Crippen LogP contribution in [0.15, 0.2) is 41.5 Å². The van der Waals surface area contributed by atoms with E-state index in [-0.39, 0.29) is 11.3 Å². The van der Waals surface area contributed by atoms with Crippen molar-refractivity contribution >= 4 is 11.6 Å². The van der Waals surface area contributed by atoms with Gasteiger partial charge < -0.3 is 20.4 Å². The van der Waals surface area contributed by atoms with E-state index in [1.807, 2.05) is 6.92 Å². The van der Waals surface area contributed by atoms with Crippen molar-refractivity contribution in [3.05, 3.63) is 47.5 Å². The topological polar surface area (TPSA) is 122 Å². The molecule has 0 saturated carbocycles. The number of carbonyl (C=O) groups is 1. The zero-order chi connectivity index (χ0) is 17.0. The molecule has 7 nitrogen and oxygen atoms in total. The minimum Gasteiger partial charge on any atom is -0.508 e. The van der Waals surface area contributed by atoms with Crippen LogP contribution in [0.2, 0.25) is 0 Å². The summed E-state index contributed by atoms with van der Waals surface area (Å²) in [4.78, 5) is 12.0. The van der Waals surface area contributed by atoms with Crippen molar-refractivity contribution in [3.63, 3.8) is 0 Å². The van der Waals surface area contributed by atoms with Gasteiger partial charge in [-0.3, -0.25) is 4.79 Å². The fourth-order valence-electron chi connectivity index (χ4n) is 1.92. The summed E-state index contributed by atoms with van der Waals surface area (Å²) < 4.78 is 0. The predicted molar refractivity (Wildman–Crippen MR) is 83.8 cm³/mol. The Morgan fingerprint density at radius 3 is 2.09 bits per heavy atom. The van der Waals surface area contributed by atoms with Crippen molar-refractivity contribution in [1.29, 1.82) is 0 Å². The molecule has 5 N–H and O–H groups in total. The van der Waals surface area contributed by atoms with Gasteiger partial charge in [0, 0.05) is 5.56 Å². The van der Waals surface area contributed by atoms with E-state index in [2.05, 4.69) is 10.5 Å². The zero-order valence-electron chi connectivity index (χ0n) is 12.3. The Balaban J connectivity index is 2.20. The van der Waals surface area contributed by atoms with Gasteiger partial charge >= 0.3 is 0 Å². The minimum atomic E-state index is -0.691. The quantitative estimate of drug-likeness (QED) is 0.336. The highest BCUT2D eigenvalue weighted by molar-refractivity contribution is 6.02. The summed E-state index contributed by atoms with van der Waals surface area (Å²) in [5, 5.41) is 41.4. The summed E-state index contributed by atoms with van der Waals surface area (Å²) in [5.41, 5.74) is 3.59. The van der Waals surface area contributed by atoms with E-state index in [1.54, 1.807) is 12.1 Å². The summed E-state index contributed by atoms with van der Waals surface area (Å²) in [7, 11) is 0. The summed E-state index contributed by atoms with van der Waals surface area (Å²) in [6, 6.07) is 8.40. The van der Waals surface area contributed by atoms with Crippen LogP contribution in [-0.4, -0.2) is 32.0 Å².